The van der Waals surface area contributed by atoms with Gasteiger partial charge in [0, 0.05) is 12.6 Å². The van der Waals surface area contributed by atoms with Crippen molar-refractivity contribution in [2.75, 3.05) is 13.6 Å². The summed E-state index contributed by atoms with van der Waals surface area (Å²) in [7, 11) is -2.27. The summed E-state index contributed by atoms with van der Waals surface area (Å²) in [6.45, 7) is 3.61. The van der Waals surface area contributed by atoms with E-state index in [9.17, 15) is 13.2 Å². The Morgan fingerprint density at radius 2 is 1.52 bits per heavy atom. The van der Waals surface area contributed by atoms with Crippen molar-refractivity contribution in [2.24, 2.45) is 0 Å². The van der Waals surface area contributed by atoms with E-state index in [0.717, 1.165) is 9.87 Å². The van der Waals surface area contributed by atoms with E-state index in [2.05, 4.69) is 5.32 Å². The van der Waals surface area contributed by atoms with Gasteiger partial charge in [-0.2, -0.15) is 4.31 Å². The first-order valence-corrected chi connectivity index (χ1v) is 9.51. The molecule has 0 radical (unpaired) electrons. The van der Waals surface area contributed by atoms with E-state index < -0.39 is 15.6 Å². The third kappa shape index (κ3) is 5.41. The monoisotopic (exact) mass is 360 g/mol. The number of carbonyl (C=O) groups excluding carboxylic acids is 1. The molecule has 25 heavy (non-hydrogen) atoms. The molecule has 0 unspecified atom stereocenters. The molecule has 6 heteroatoms. The lowest BCUT2D eigenvalue weighted by Crippen LogP contribution is -2.49. The molecule has 0 atom stereocenters. The fourth-order valence-corrected chi connectivity index (χ4v) is 3.78. The lowest BCUT2D eigenvalue weighted by Gasteiger charge is -2.27. The molecule has 0 heterocycles. The number of amides is 1. The van der Waals surface area contributed by atoms with Gasteiger partial charge in [0.25, 0.3) is 0 Å². The van der Waals surface area contributed by atoms with Crippen LogP contribution in [0.4, 0.5) is 0 Å². The van der Waals surface area contributed by atoms with Crippen molar-refractivity contribution in [2.45, 2.75) is 30.7 Å². The Balaban J connectivity index is 1.99. The lowest BCUT2D eigenvalue weighted by atomic mass is 9.95. The van der Waals surface area contributed by atoms with E-state index in [0.29, 0.717) is 6.42 Å². The Morgan fingerprint density at radius 3 is 2.08 bits per heavy atom. The van der Waals surface area contributed by atoms with Crippen molar-refractivity contribution >= 4 is 15.9 Å². The van der Waals surface area contributed by atoms with Gasteiger partial charge < -0.3 is 5.32 Å². The number of nitrogens with one attached hydrogen (secondary N) is 1. The van der Waals surface area contributed by atoms with Crippen LogP contribution in [0.15, 0.2) is 65.6 Å². The van der Waals surface area contributed by atoms with Crippen molar-refractivity contribution in [3.05, 3.63) is 66.2 Å². The summed E-state index contributed by atoms with van der Waals surface area (Å²) in [5.41, 5.74) is 0.633. The molecule has 0 bridgehead atoms. The lowest BCUT2D eigenvalue weighted by molar-refractivity contribution is -0.122. The average molecular weight is 360 g/mol. The minimum atomic E-state index is -3.68. The van der Waals surface area contributed by atoms with E-state index in [-0.39, 0.29) is 17.3 Å². The van der Waals surface area contributed by atoms with E-state index in [1.807, 2.05) is 44.2 Å². The summed E-state index contributed by atoms with van der Waals surface area (Å²) in [6.07, 6.45) is 0.661. The van der Waals surface area contributed by atoms with Crippen molar-refractivity contribution in [1.29, 1.82) is 0 Å². The van der Waals surface area contributed by atoms with Gasteiger partial charge in [0.1, 0.15) is 0 Å². The van der Waals surface area contributed by atoms with Crippen LogP contribution in [-0.4, -0.2) is 37.8 Å². The highest BCUT2D eigenvalue weighted by molar-refractivity contribution is 7.89. The largest absolute Gasteiger partial charge is 0.350 e. The molecule has 2 rings (SSSR count). The number of sulfonamides is 1. The van der Waals surface area contributed by atoms with Gasteiger partial charge in [-0.15, -0.1) is 0 Å². The Hall–Kier alpha value is -2.18. The molecular formula is C19H24N2O3S. The van der Waals surface area contributed by atoms with Crippen LogP contribution in [0.5, 0.6) is 0 Å². The molecular weight excluding hydrogens is 336 g/mol. The Bertz CT molecular complexity index is 803. The third-order valence-electron chi connectivity index (χ3n) is 3.78. The number of likely N-dealkylation sites (N-methyl/N-ethyl adjacent to an activating group) is 1. The van der Waals surface area contributed by atoms with Gasteiger partial charge in [-0.3, -0.25) is 4.79 Å². The van der Waals surface area contributed by atoms with Gasteiger partial charge in [0.15, 0.2) is 0 Å². The average Bonchev–Trinajstić information content (AvgIpc) is 2.55. The minimum absolute atomic E-state index is 0.175. The van der Waals surface area contributed by atoms with Crippen molar-refractivity contribution in [3.63, 3.8) is 0 Å². The third-order valence-corrected chi connectivity index (χ3v) is 5.60. The highest BCUT2D eigenvalue weighted by Gasteiger charge is 2.26. The molecule has 0 aliphatic rings. The first-order valence-electron chi connectivity index (χ1n) is 8.07. The number of carbonyl (C=O) groups is 1. The van der Waals surface area contributed by atoms with E-state index in [4.69, 9.17) is 0 Å². The number of benzene rings is 2. The zero-order valence-electron chi connectivity index (χ0n) is 14.8. The summed E-state index contributed by atoms with van der Waals surface area (Å²) in [4.78, 5) is 12.5. The van der Waals surface area contributed by atoms with Crippen LogP contribution < -0.4 is 5.32 Å². The molecule has 1 N–H and O–H groups in total. The molecule has 0 fully saturated rings. The maximum atomic E-state index is 12.5. The number of hydrogen-bond acceptors (Lipinski definition) is 3. The molecule has 5 nitrogen and oxygen atoms in total. The second-order valence-electron chi connectivity index (χ2n) is 6.67. The minimum Gasteiger partial charge on any atom is -0.350 e. The Kier molecular flexibility index (Phi) is 5.98. The van der Waals surface area contributed by atoms with Crippen LogP contribution in [0.3, 0.4) is 0 Å². The summed E-state index contributed by atoms with van der Waals surface area (Å²) in [5, 5.41) is 2.91. The fourth-order valence-electron chi connectivity index (χ4n) is 2.63. The molecule has 2 aromatic rings. The van der Waals surface area contributed by atoms with Crippen LogP contribution in [0.25, 0.3) is 0 Å². The van der Waals surface area contributed by atoms with Crippen molar-refractivity contribution < 1.29 is 13.2 Å². The maximum absolute atomic E-state index is 12.5. The molecule has 134 valence electrons. The van der Waals surface area contributed by atoms with Crippen molar-refractivity contribution in [3.8, 4) is 0 Å². The summed E-state index contributed by atoms with van der Waals surface area (Å²) in [5.74, 6) is -0.331. The zero-order chi connectivity index (χ0) is 18.5. The number of hydrogen-bond donors (Lipinski definition) is 1. The molecule has 0 saturated carbocycles. The van der Waals surface area contributed by atoms with Crippen LogP contribution in [0.2, 0.25) is 0 Å². The number of rotatable bonds is 7. The topological polar surface area (TPSA) is 66.5 Å². The predicted molar refractivity (Wildman–Crippen MR) is 98.6 cm³/mol. The summed E-state index contributed by atoms with van der Waals surface area (Å²) in [6, 6.07) is 17.9. The van der Waals surface area contributed by atoms with E-state index in [1.165, 1.54) is 19.2 Å². The van der Waals surface area contributed by atoms with Crippen LogP contribution in [0, 0.1) is 0 Å². The molecule has 1 amide bonds. The zero-order valence-corrected chi connectivity index (χ0v) is 15.6. The Morgan fingerprint density at radius 1 is 1.00 bits per heavy atom. The predicted octanol–water partition coefficient (Wildman–Crippen LogP) is 2.44. The van der Waals surface area contributed by atoms with E-state index >= 15 is 0 Å². The van der Waals surface area contributed by atoms with Crippen LogP contribution >= 0.6 is 0 Å². The molecule has 0 aliphatic heterocycles. The molecule has 2 aromatic carbocycles. The van der Waals surface area contributed by atoms with Crippen molar-refractivity contribution in [1.82, 2.24) is 9.62 Å². The summed E-state index contributed by atoms with van der Waals surface area (Å²) >= 11 is 0. The van der Waals surface area contributed by atoms with Gasteiger partial charge in [-0.25, -0.2) is 8.42 Å². The normalized spacial score (nSPS) is 12.2. The Labute approximate surface area is 149 Å². The quantitative estimate of drug-likeness (QED) is 0.825. The highest BCUT2D eigenvalue weighted by atomic mass is 32.2. The van der Waals surface area contributed by atoms with Gasteiger partial charge in [-0.1, -0.05) is 48.5 Å². The second-order valence-corrected chi connectivity index (χ2v) is 8.71. The van der Waals surface area contributed by atoms with E-state index in [1.54, 1.807) is 18.2 Å². The van der Waals surface area contributed by atoms with Gasteiger partial charge in [0.05, 0.1) is 11.4 Å². The smallest absolute Gasteiger partial charge is 0.243 e. The van der Waals surface area contributed by atoms with Crippen LogP contribution in [0.1, 0.15) is 19.4 Å². The first kappa shape index (κ1) is 19.1. The molecule has 0 saturated heterocycles. The highest BCUT2D eigenvalue weighted by Crippen LogP contribution is 2.15. The number of nitrogens with zero attached hydrogens (tertiary/aromatic N) is 1. The first-order chi connectivity index (χ1) is 11.7. The second kappa shape index (κ2) is 7.80. The molecule has 0 aliphatic carbocycles. The summed E-state index contributed by atoms with van der Waals surface area (Å²) < 4.78 is 26.0. The molecule has 0 aromatic heterocycles. The standard InChI is InChI=1S/C19H24N2O3S/c1-19(2,14-16-10-6-4-7-11-16)20-18(22)15-21(3)25(23,24)17-12-8-5-9-13-17/h4-13H,14-15H2,1-3H3,(H,20,22). The van der Waals surface area contributed by atoms with Gasteiger partial charge in [-0.05, 0) is 38.0 Å². The fraction of sp³-hybridized carbons (Fsp3) is 0.316. The SMILES string of the molecule is CN(CC(=O)NC(C)(C)Cc1ccccc1)S(=O)(=O)c1ccccc1. The van der Waals surface area contributed by atoms with Gasteiger partial charge >= 0.3 is 0 Å². The van der Waals surface area contributed by atoms with Crippen LogP contribution in [-0.2, 0) is 21.2 Å². The van der Waals surface area contributed by atoms with Gasteiger partial charge in [0.2, 0.25) is 15.9 Å². The molecule has 0 spiro atoms. The maximum Gasteiger partial charge on any atom is 0.243 e.